The van der Waals surface area contributed by atoms with Gasteiger partial charge in [-0.25, -0.2) is 13.6 Å². The van der Waals surface area contributed by atoms with Crippen LogP contribution in [0.15, 0.2) is 40.9 Å². The molecule has 0 fully saturated rings. The minimum absolute atomic E-state index is 0.0890. The van der Waals surface area contributed by atoms with Crippen molar-refractivity contribution in [1.82, 2.24) is 0 Å². The first kappa shape index (κ1) is 16.6. The SMILES string of the molecule is CC(C)(C)OC(=O)c1cc(Br)cc(-c2cccc(F)c2F)c1. The Hall–Kier alpha value is -1.75. The fourth-order valence-corrected chi connectivity index (χ4v) is 2.42. The average molecular weight is 369 g/mol. The van der Waals surface area contributed by atoms with Crippen LogP contribution < -0.4 is 0 Å². The second-order valence-electron chi connectivity index (χ2n) is 5.83. The highest BCUT2D eigenvalue weighted by Crippen LogP contribution is 2.29. The van der Waals surface area contributed by atoms with Crippen molar-refractivity contribution in [2.24, 2.45) is 0 Å². The Bertz CT molecular complexity index is 721. The summed E-state index contributed by atoms with van der Waals surface area (Å²) in [6, 6.07) is 8.60. The van der Waals surface area contributed by atoms with E-state index in [2.05, 4.69) is 15.9 Å². The first-order chi connectivity index (χ1) is 10.2. The molecule has 5 heteroatoms. The molecule has 0 N–H and O–H groups in total. The topological polar surface area (TPSA) is 26.3 Å². The average Bonchev–Trinajstić information content (AvgIpc) is 2.39. The smallest absolute Gasteiger partial charge is 0.338 e. The Morgan fingerprint density at radius 2 is 1.82 bits per heavy atom. The molecule has 0 bridgehead atoms. The van der Waals surface area contributed by atoms with Gasteiger partial charge >= 0.3 is 5.97 Å². The summed E-state index contributed by atoms with van der Waals surface area (Å²) < 4.78 is 33.2. The molecule has 2 aromatic rings. The molecule has 0 aromatic heterocycles. The Labute approximate surface area is 136 Å². The zero-order chi connectivity index (χ0) is 16.5. The van der Waals surface area contributed by atoms with Crippen LogP contribution in [0.5, 0.6) is 0 Å². The van der Waals surface area contributed by atoms with Crippen molar-refractivity contribution in [1.29, 1.82) is 0 Å². The van der Waals surface area contributed by atoms with E-state index in [0.717, 1.165) is 6.07 Å². The number of hydrogen-bond donors (Lipinski definition) is 0. The quantitative estimate of drug-likeness (QED) is 0.667. The van der Waals surface area contributed by atoms with Crippen molar-refractivity contribution < 1.29 is 18.3 Å². The third-order valence-electron chi connectivity index (χ3n) is 2.79. The van der Waals surface area contributed by atoms with E-state index in [1.807, 2.05) is 0 Å². The van der Waals surface area contributed by atoms with Crippen molar-refractivity contribution in [2.75, 3.05) is 0 Å². The second kappa shape index (κ2) is 6.16. The monoisotopic (exact) mass is 368 g/mol. The molecule has 2 aromatic carbocycles. The molecule has 0 aliphatic carbocycles. The molecule has 0 saturated heterocycles. The van der Waals surface area contributed by atoms with Crippen LogP contribution in [0.3, 0.4) is 0 Å². The van der Waals surface area contributed by atoms with Crippen molar-refractivity contribution in [3.63, 3.8) is 0 Å². The molecule has 0 amide bonds. The van der Waals surface area contributed by atoms with Crippen LogP contribution in [0.1, 0.15) is 31.1 Å². The molecule has 0 saturated carbocycles. The largest absolute Gasteiger partial charge is 0.456 e. The van der Waals surface area contributed by atoms with Crippen molar-refractivity contribution in [2.45, 2.75) is 26.4 Å². The van der Waals surface area contributed by atoms with Gasteiger partial charge in [0, 0.05) is 10.0 Å². The van der Waals surface area contributed by atoms with Gasteiger partial charge in [0.1, 0.15) is 5.60 Å². The van der Waals surface area contributed by atoms with Crippen LogP contribution in [0, 0.1) is 11.6 Å². The molecule has 22 heavy (non-hydrogen) atoms. The first-order valence-corrected chi connectivity index (χ1v) is 7.45. The minimum atomic E-state index is -0.948. The predicted octanol–water partition coefficient (Wildman–Crippen LogP) is 5.35. The molecule has 0 aliphatic rings. The van der Waals surface area contributed by atoms with Crippen LogP contribution >= 0.6 is 15.9 Å². The summed E-state index contributed by atoms with van der Waals surface area (Å²) in [4.78, 5) is 12.1. The van der Waals surface area contributed by atoms with E-state index in [-0.39, 0.29) is 11.1 Å². The number of ether oxygens (including phenoxy) is 1. The van der Waals surface area contributed by atoms with E-state index in [9.17, 15) is 13.6 Å². The van der Waals surface area contributed by atoms with E-state index in [4.69, 9.17) is 4.74 Å². The fourth-order valence-electron chi connectivity index (χ4n) is 1.93. The molecule has 0 aliphatic heterocycles. The normalized spacial score (nSPS) is 11.4. The van der Waals surface area contributed by atoms with Gasteiger partial charge in [0.25, 0.3) is 0 Å². The van der Waals surface area contributed by atoms with E-state index in [1.54, 1.807) is 32.9 Å². The highest BCUT2D eigenvalue weighted by molar-refractivity contribution is 9.10. The van der Waals surface area contributed by atoms with Crippen LogP contribution in [-0.2, 0) is 4.74 Å². The Morgan fingerprint density at radius 3 is 2.45 bits per heavy atom. The number of benzene rings is 2. The lowest BCUT2D eigenvalue weighted by molar-refractivity contribution is 0.00695. The molecule has 0 atom stereocenters. The lowest BCUT2D eigenvalue weighted by atomic mass is 10.0. The van der Waals surface area contributed by atoms with Crippen LogP contribution in [0.4, 0.5) is 8.78 Å². The summed E-state index contributed by atoms with van der Waals surface area (Å²) in [5.41, 5.74) is 0.116. The van der Waals surface area contributed by atoms with Gasteiger partial charge < -0.3 is 4.74 Å². The number of carbonyl (C=O) groups is 1. The third kappa shape index (κ3) is 3.91. The molecule has 2 rings (SSSR count). The molecular weight excluding hydrogens is 354 g/mol. The minimum Gasteiger partial charge on any atom is -0.456 e. The van der Waals surface area contributed by atoms with Crippen molar-refractivity contribution in [3.8, 4) is 11.1 Å². The summed E-state index contributed by atoms with van der Waals surface area (Å²) >= 11 is 3.28. The number of halogens is 3. The molecule has 0 heterocycles. The lowest BCUT2D eigenvalue weighted by Gasteiger charge is -2.19. The maximum atomic E-state index is 13.9. The zero-order valence-corrected chi connectivity index (χ0v) is 14.0. The maximum absolute atomic E-state index is 13.9. The third-order valence-corrected chi connectivity index (χ3v) is 3.25. The first-order valence-electron chi connectivity index (χ1n) is 6.66. The molecule has 0 spiro atoms. The van der Waals surface area contributed by atoms with Crippen LogP contribution in [-0.4, -0.2) is 11.6 Å². The van der Waals surface area contributed by atoms with Gasteiger partial charge in [-0.15, -0.1) is 0 Å². The van der Waals surface area contributed by atoms with Crippen LogP contribution in [0.25, 0.3) is 11.1 Å². The van der Waals surface area contributed by atoms with Crippen LogP contribution in [0.2, 0.25) is 0 Å². The maximum Gasteiger partial charge on any atom is 0.338 e. The van der Waals surface area contributed by atoms with Gasteiger partial charge in [-0.3, -0.25) is 0 Å². The highest BCUT2D eigenvalue weighted by Gasteiger charge is 2.19. The summed E-state index contributed by atoms with van der Waals surface area (Å²) in [7, 11) is 0. The molecule has 116 valence electrons. The predicted molar refractivity (Wildman–Crippen MR) is 84.7 cm³/mol. The number of carbonyl (C=O) groups excluding carboxylic acids is 1. The Morgan fingerprint density at radius 1 is 1.14 bits per heavy atom. The van der Waals surface area contributed by atoms with Gasteiger partial charge in [0.15, 0.2) is 11.6 Å². The fraction of sp³-hybridized carbons (Fsp3) is 0.235. The summed E-state index contributed by atoms with van der Waals surface area (Å²) in [6.07, 6.45) is 0. The zero-order valence-electron chi connectivity index (χ0n) is 12.4. The highest BCUT2D eigenvalue weighted by atomic mass is 79.9. The second-order valence-corrected chi connectivity index (χ2v) is 6.75. The summed E-state index contributed by atoms with van der Waals surface area (Å²) in [5, 5.41) is 0. The van der Waals surface area contributed by atoms with Crippen molar-refractivity contribution >= 4 is 21.9 Å². The number of hydrogen-bond acceptors (Lipinski definition) is 2. The van der Waals surface area contributed by atoms with E-state index >= 15 is 0 Å². The van der Waals surface area contributed by atoms with Gasteiger partial charge in [-0.2, -0.15) is 0 Å². The number of esters is 1. The molecular formula is C17H15BrF2O2. The van der Waals surface area contributed by atoms with E-state index in [1.165, 1.54) is 18.2 Å². The molecule has 0 radical (unpaired) electrons. The van der Waals surface area contributed by atoms with E-state index in [0.29, 0.717) is 10.0 Å². The summed E-state index contributed by atoms with van der Waals surface area (Å²) in [6.45, 7) is 5.28. The summed E-state index contributed by atoms with van der Waals surface area (Å²) in [5.74, 6) is -2.40. The van der Waals surface area contributed by atoms with Gasteiger partial charge in [-0.1, -0.05) is 28.1 Å². The Kier molecular flexibility index (Phi) is 4.66. The molecule has 0 unspecified atom stereocenters. The van der Waals surface area contributed by atoms with Crippen molar-refractivity contribution in [3.05, 3.63) is 58.1 Å². The van der Waals surface area contributed by atoms with Gasteiger partial charge in [0.2, 0.25) is 0 Å². The standard InChI is InChI=1S/C17H15BrF2O2/c1-17(2,3)22-16(21)11-7-10(8-12(18)9-11)13-5-4-6-14(19)15(13)20/h4-9H,1-3H3. The van der Waals surface area contributed by atoms with Gasteiger partial charge in [-0.05, 0) is 50.6 Å². The van der Waals surface area contributed by atoms with Gasteiger partial charge in [0.05, 0.1) is 5.56 Å². The number of rotatable bonds is 2. The Balaban J connectivity index is 2.47. The molecule has 2 nitrogen and oxygen atoms in total. The van der Waals surface area contributed by atoms with E-state index < -0.39 is 23.2 Å². The lowest BCUT2D eigenvalue weighted by Crippen LogP contribution is -2.23.